The van der Waals surface area contributed by atoms with E-state index in [1.165, 1.54) is 6.92 Å². The molecule has 4 heteroatoms. The lowest BCUT2D eigenvalue weighted by atomic mass is 10.1. The molecule has 0 spiro atoms. The number of alkyl halides is 1. The second-order valence-electron chi connectivity index (χ2n) is 3.19. The van der Waals surface area contributed by atoms with Crippen LogP contribution in [0.4, 0.5) is 0 Å². The molecule has 1 N–H and O–H groups in total. The Hall–Kier alpha value is -0.960. The minimum atomic E-state index is -0.0941. The van der Waals surface area contributed by atoms with E-state index in [2.05, 4.69) is 5.32 Å². The lowest BCUT2D eigenvalue weighted by molar-refractivity contribution is -0.118. The van der Waals surface area contributed by atoms with Gasteiger partial charge in [-0.2, -0.15) is 0 Å². The van der Waals surface area contributed by atoms with Crippen LogP contribution in [-0.4, -0.2) is 18.4 Å². The number of hydrogen-bond donors (Lipinski definition) is 1. The lowest BCUT2D eigenvalue weighted by Gasteiger charge is -2.17. The summed E-state index contributed by atoms with van der Waals surface area (Å²) in [7, 11) is 0. The summed E-state index contributed by atoms with van der Waals surface area (Å²) < 4.78 is 5.51. The lowest BCUT2D eigenvalue weighted by Crippen LogP contribution is -2.22. The van der Waals surface area contributed by atoms with Crippen molar-refractivity contribution in [3.63, 3.8) is 0 Å². The molecule has 3 nitrogen and oxygen atoms in total. The highest BCUT2D eigenvalue weighted by molar-refractivity contribution is 6.17. The van der Waals surface area contributed by atoms with Crippen LogP contribution in [0.1, 0.15) is 19.8 Å². The maximum atomic E-state index is 10.9. The Morgan fingerprint density at radius 1 is 1.67 bits per heavy atom. The summed E-state index contributed by atoms with van der Waals surface area (Å²) >= 11 is 5.55. The zero-order chi connectivity index (χ0) is 11.1. The fourth-order valence-corrected chi connectivity index (χ4v) is 1.33. The van der Waals surface area contributed by atoms with Crippen LogP contribution in [0, 0.1) is 6.42 Å². The predicted molar refractivity (Wildman–Crippen MR) is 60.2 cm³/mol. The fraction of sp³-hybridized carbons (Fsp3) is 0.455. The number of carbonyl (C=O) groups is 1. The Kier molecular flexibility index (Phi) is 5.26. The number of carbonyl (C=O) groups excluding carboxylic acids is 1. The first-order chi connectivity index (χ1) is 7.24. The highest BCUT2D eigenvalue weighted by Gasteiger charge is 2.11. The van der Waals surface area contributed by atoms with Crippen LogP contribution in [0.3, 0.4) is 0 Å². The van der Waals surface area contributed by atoms with Gasteiger partial charge in [0, 0.05) is 12.8 Å². The van der Waals surface area contributed by atoms with Gasteiger partial charge >= 0.3 is 0 Å². The normalized spacial score (nSPS) is 15.3. The minimum Gasteiger partial charge on any atom is -0.492 e. The Morgan fingerprint density at radius 3 is 3.13 bits per heavy atom. The Bertz CT molecular complexity index is 284. The Morgan fingerprint density at radius 2 is 2.47 bits per heavy atom. The van der Waals surface area contributed by atoms with Crippen molar-refractivity contribution in [2.45, 2.75) is 19.8 Å². The van der Waals surface area contributed by atoms with Crippen molar-refractivity contribution in [1.29, 1.82) is 0 Å². The number of rotatable bonds is 5. The van der Waals surface area contributed by atoms with Crippen LogP contribution in [0.2, 0.25) is 0 Å². The quantitative estimate of drug-likeness (QED) is 0.579. The van der Waals surface area contributed by atoms with Crippen molar-refractivity contribution in [3.8, 4) is 0 Å². The molecule has 0 saturated heterocycles. The first-order valence-corrected chi connectivity index (χ1v) is 5.48. The maximum absolute atomic E-state index is 10.9. The zero-order valence-corrected chi connectivity index (χ0v) is 9.51. The summed E-state index contributed by atoms with van der Waals surface area (Å²) in [6, 6.07) is 0. The van der Waals surface area contributed by atoms with Crippen molar-refractivity contribution in [2.75, 3.05) is 12.5 Å². The maximum Gasteiger partial charge on any atom is 0.221 e. The number of nitrogens with one attached hydrogen (secondary N) is 1. The van der Waals surface area contributed by atoms with Crippen LogP contribution < -0.4 is 5.32 Å². The molecule has 1 radical (unpaired) electrons. The third-order valence-corrected chi connectivity index (χ3v) is 2.10. The Labute approximate surface area is 95.1 Å². The average Bonchev–Trinajstić information content (AvgIpc) is 2.20. The summed E-state index contributed by atoms with van der Waals surface area (Å²) in [4.78, 5) is 10.9. The molecule has 1 aliphatic carbocycles. The van der Waals surface area contributed by atoms with Crippen LogP contribution in [0.25, 0.3) is 0 Å². The van der Waals surface area contributed by atoms with E-state index in [4.69, 9.17) is 16.3 Å². The van der Waals surface area contributed by atoms with E-state index in [9.17, 15) is 4.79 Å². The van der Waals surface area contributed by atoms with Crippen LogP contribution in [-0.2, 0) is 9.53 Å². The summed E-state index contributed by atoms with van der Waals surface area (Å²) in [5, 5.41) is 2.72. The number of hydrogen-bond acceptors (Lipinski definition) is 2. The molecule has 0 fully saturated rings. The SMILES string of the molecule is CC(=O)NC1=C[CH]CC=C1OCCCCl. The van der Waals surface area contributed by atoms with E-state index in [0.29, 0.717) is 12.5 Å². The van der Waals surface area contributed by atoms with Gasteiger partial charge in [-0.05, 0) is 25.3 Å². The minimum absolute atomic E-state index is 0.0941. The number of halogens is 1. The van der Waals surface area contributed by atoms with Gasteiger partial charge in [-0.25, -0.2) is 0 Å². The topological polar surface area (TPSA) is 38.3 Å². The van der Waals surface area contributed by atoms with Crippen LogP contribution in [0.5, 0.6) is 0 Å². The first kappa shape index (κ1) is 12.1. The predicted octanol–water partition coefficient (Wildman–Crippen LogP) is 2.14. The molecule has 0 aromatic heterocycles. The van der Waals surface area contributed by atoms with Gasteiger partial charge in [-0.1, -0.05) is 6.08 Å². The van der Waals surface area contributed by atoms with Gasteiger partial charge in [-0.15, -0.1) is 11.6 Å². The first-order valence-electron chi connectivity index (χ1n) is 4.94. The molecule has 83 valence electrons. The van der Waals surface area contributed by atoms with E-state index in [0.717, 1.165) is 24.3 Å². The number of ether oxygens (including phenoxy) is 1. The van der Waals surface area contributed by atoms with Gasteiger partial charge in [0.25, 0.3) is 0 Å². The van der Waals surface area contributed by atoms with Crippen molar-refractivity contribution in [3.05, 3.63) is 30.0 Å². The van der Waals surface area contributed by atoms with Gasteiger partial charge in [-0.3, -0.25) is 4.79 Å². The molecule has 0 heterocycles. The summed E-state index contributed by atoms with van der Waals surface area (Å²) in [6.45, 7) is 2.05. The third-order valence-electron chi connectivity index (χ3n) is 1.84. The van der Waals surface area contributed by atoms with E-state index < -0.39 is 0 Å². The molecule has 0 aromatic rings. The van der Waals surface area contributed by atoms with E-state index in [1.54, 1.807) is 0 Å². The second-order valence-corrected chi connectivity index (χ2v) is 3.57. The molecule has 0 unspecified atom stereocenters. The smallest absolute Gasteiger partial charge is 0.221 e. The van der Waals surface area contributed by atoms with Gasteiger partial charge in [0.2, 0.25) is 5.91 Å². The third kappa shape index (κ3) is 4.38. The van der Waals surface area contributed by atoms with Gasteiger partial charge in [0.05, 0.1) is 12.3 Å². The zero-order valence-electron chi connectivity index (χ0n) is 8.75. The van der Waals surface area contributed by atoms with Crippen molar-refractivity contribution in [2.24, 2.45) is 0 Å². The largest absolute Gasteiger partial charge is 0.492 e. The van der Waals surface area contributed by atoms with Crippen LogP contribution in [0.15, 0.2) is 23.6 Å². The number of amides is 1. The van der Waals surface area contributed by atoms with E-state index in [1.807, 2.05) is 18.6 Å². The fourth-order valence-electron chi connectivity index (χ4n) is 1.22. The molecule has 1 rings (SSSR count). The average molecular weight is 229 g/mol. The van der Waals surface area contributed by atoms with Crippen LogP contribution >= 0.6 is 11.6 Å². The highest BCUT2D eigenvalue weighted by Crippen LogP contribution is 2.17. The molecule has 1 aliphatic rings. The van der Waals surface area contributed by atoms with Crippen molar-refractivity contribution in [1.82, 2.24) is 5.32 Å². The molecule has 1 amide bonds. The Balaban J connectivity index is 2.48. The van der Waals surface area contributed by atoms with Gasteiger partial charge < -0.3 is 10.1 Å². The molecule has 0 atom stereocenters. The summed E-state index contributed by atoms with van der Waals surface area (Å²) in [6.07, 6.45) is 7.41. The van der Waals surface area contributed by atoms with Crippen molar-refractivity contribution >= 4 is 17.5 Å². The molecular weight excluding hydrogens is 214 g/mol. The second kappa shape index (κ2) is 6.51. The highest BCUT2D eigenvalue weighted by atomic mass is 35.5. The van der Waals surface area contributed by atoms with Gasteiger partial charge in [0.15, 0.2) is 0 Å². The molecule has 0 aromatic carbocycles. The molecule has 0 bridgehead atoms. The standard InChI is InChI=1S/C11H15ClNO2/c1-9(14)13-10-5-2-3-6-11(10)15-8-4-7-12/h2,5-6H,3-4,7-8H2,1H3,(H,13,14). The van der Waals surface area contributed by atoms with E-state index in [-0.39, 0.29) is 5.91 Å². The van der Waals surface area contributed by atoms with Gasteiger partial charge in [0.1, 0.15) is 5.76 Å². The molecule has 0 aliphatic heterocycles. The molecular formula is C11H15ClNO2. The number of allylic oxidation sites excluding steroid dienone is 2. The summed E-state index contributed by atoms with van der Waals surface area (Å²) in [5.74, 6) is 1.22. The molecule has 0 saturated carbocycles. The van der Waals surface area contributed by atoms with E-state index >= 15 is 0 Å². The molecule has 15 heavy (non-hydrogen) atoms. The van der Waals surface area contributed by atoms with Crippen molar-refractivity contribution < 1.29 is 9.53 Å². The summed E-state index contributed by atoms with van der Waals surface area (Å²) in [5.41, 5.74) is 0.725. The monoisotopic (exact) mass is 228 g/mol.